The SMILES string of the molecule is COc1ccc(Br)cc1/C=C/C(=O)Oc1ccc(Cl)c(C)c1. The van der Waals surface area contributed by atoms with Crippen LogP contribution in [0.4, 0.5) is 0 Å². The molecule has 0 amide bonds. The molecule has 0 heterocycles. The number of hydrogen-bond acceptors (Lipinski definition) is 3. The Bertz CT molecular complexity index is 726. The highest BCUT2D eigenvalue weighted by atomic mass is 79.9. The number of carbonyl (C=O) groups is 1. The lowest BCUT2D eigenvalue weighted by Crippen LogP contribution is -2.03. The average molecular weight is 382 g/mol. The highest BCUT2D eigenvalue weighted by Gasteiger charge is 2.05. The zero-order valence-electron chi connectivity index (χ0n) is 12.1. The van der Waals surface area contributed by atoms with E-state index < -0.39 is 5.97 Å². The molecule has 0 saturated heterocycles. The Morgan fingerprint density at radius 1 is 1.23 bits per heavy atom. The first-order valence-electron chi connectivity index (χ1n) is 6.49. The molecule has 0 atom stereocenters. The molecular weight excluding hydrogens is 368 g/mol. The lowest BCUT2D eigenvalue weighted by atomic mass is 10.2. The molecule has 0 saturated carbocycles. The fraction of sp³-hybridized carbons (Fsp3) is 0.118. The van der Waals surface area contributed by atoms with Crippen LogP contribution >= 0.6 is 27.5 Å². The second kappa shape index (κ2) is 7.47. The predicted octanol–water partition coefficient (Wildman–Crippen LogP) is 5.04. The van der Waals surface area contributed by atoms with Crippen LogP contribution in [-0.4, -0.2) is 13.1 Å². The van der Waals surface area contributed by atoms with Gasteiger partial charge in [-0.15, -0.1) is 0 Å². The van der Waals surface area contributed by atoms with E-state index in [0.29, 0.717) is 16.5 Å². The van der Waals surface area contributed by atoms with Gasteiger partial charge in [-0.2, -0.15) is 0 Å². The summed E-state index contributed by atoms with van der Waals surface area (Å²) in [5, 5.41) is 0.634. The number of hydrogen-bond donors (Lipinski definition) is 0. The number of benzene rings is 2. The average Bonchev–Trinajstić information content (AvgIpc) is 2.49. The maximum Gasteiger partial charge on any atom is 0.336 e. The minimum absolute atomic E-state index is 0.456. The zero-order valence-corrected chi connectivity index (χ0v) is 14.4. The fourth-order valence-corrected chi connectivity index (χ4v) is 2.32. The molecule has 0 aliphatic rings. The molecule has 0 bridgehead atoms. The first kappa shape index (κ1) is 16.6. The Labute approximate surface area is 142 Å². The van der Waals surface area contributed by atoms with Crippen LogP contribution in [0.15, 0.2) is 46.9 Å². The van der Waals surface area contributed by atoms with Gasteiger partial charge in [0, 0.05) is 21.1 Å². The molecule has 0 aromatic heterocycles. The summed E-state index contributed by atoms with van der Waals surface area (Å²) in [4.78, 5) is 11.9. The standard InChI is InChI=1S/C17H14BrClO3/c1-11-9-14(5-6-15(11)19)22-17(20)8-3-12-10-13(18)4-7-16(12)21-2/h3-10H,1-2H3/b8-3+. The monoisotopic (exact) mass is 380 g/mol. The first-order valence-corrected chi connectivity index (χ1v) is 7.66. The Morgan fingerprint density at radius 3 is 2.68 bits per heavy atom. The highest BCUT2D eigenvalue weighted by molar-refractivity contribution is 9.10. The van der Waals surface area contributed by atoms with Crippen LogP contribution in [0.25, 0.3) is 6.08 Å². The summed E-state index contributed by atoms with van der Waals surface area (Å²) in [5.41, 5.74) is 1.63. The maximum absolute atomic E-state index is 11.9. The minimum atomic E-state index is -0.469. The molecule has 0 fully saturated rings. The van der Waals surface area contributed by atoms with Crippen molar-refractivity contribution < 1.29 is 14.3 Å². The van der Waals surface area contributed by atoms with Gasteiger partial charge in [0.2, 0.25) is 0 Å². The molecule has 0 aliphatic carbocycles. The van der Waals surface area contributed by atoms with Crippen molar-refractivity contribution >= 4 is 39.6 Å². The number of ether oxygens (including phenoxy) is 2. The molecular formula is C17H14BrClO3. The first-order chi connectivity index (χ1) is 10.5. The van der Waals surface area contributed by atoms with E-state index in [0.717, 1.165) is 15.6 Å². The Kier molecular flexibility index (Phi) is 5.63. The number of carbonyl (C=O) groups excluding carboxylic acids is 1. The summed E-state index contributed by atoms with van der Waals surface area (Å²) in [5.74, 6) is 0.663. The van der Waals surface area contributed by atoms with Crippen LogP contribution in [0, 0.1) is 6.92 Å². The van der Waals surface area contributed by atoms with Crippen molar-refractivity contribution in [3.63, 3.8) is 0 Å². The van der Waals surface area contributed by atoms with Crippen LogP contribution in [0.2, 0.25) is 5.02 Å². The highest BCUT2D eigenvalue weighted by Crippen LogP contribution is 2.24. The van der Waals surface area contributed by atoms with Crippen LogP contribution in [-0.2, 0) is 4.79 Å². The van der Waals surface area contributed by atoms with E-state index in [-0.39, 0.29) is 0 Å². The zero-order chi connectivity index (χ0) is 16.1. The lowest BCUT2D eigenvalue weighted by molar-refractivity contribution is -0.128. The summed E-state index contributed by atoms with van der Waals surface area (Å²) >= 11 is 9.32. The number of halogens is 2. The van der Waals surface area contributed by atoms with E-state index in [1.807, 2.05) is 25.1 Å². The third kappa shape index (κ3) is 4.36. The topological polar surface area (TPSA) is 35.5 Å². The van der Waals surface area contributed by atoms with Crippen LogP contribution in [0.5, 0.6) is 11.5 Å². The van der Waals surface area contributed by atoms with Crippen molar-refractivity contribution in [2.45, 2.75) is 6.92 Å². The van der Waals surface area contributed by atoms with E-state index in [1.165, 1.54) is 6.08 Å². The van der Waals surface area contributed by atoms with E-state index in [1.54, 1.807) is 31.4 Å². The van der Waals surface area contributed by atoms with Gasteiger partial charge in [-0.25, -0.2) is 4.79 Å². The largest absolute Gasteiger partial charge is 0.496 e. The van der Waals surface area contributed by atoms with Gasteiger partial charge in [-0.05, 0) is 55.0 Å². The van der Waals surface area contributed by atoms with Crippen molar-refractivity contribution in [2.75, 3.05) is 7.11 Å². The molecule has 5 heteroatoms. The van der Waals surface area contributed by atoms with E-state index in [9.17, 15) is 4.79 Å². The molecule has 0 radical (unpaired) electrons. The summed E-state index contributed by atoms with van der Waals surface area (Å²) < 4.78 is 11.4. The predicted molar refractivity (Wildman–Crippen MR) is 91.6 cm³/mol. The molecule has 0 spiro atoms. The van der Waals surface area contributed by atoms with Crippen molar-refractivity contribution in [2.24, 2.45) is 0 Å². The van der Waals surface area contributed by atoms with Crippen molar-refractivity contribution in [1.82, 2.24) is 0 Å². The smallest absolute Gasteiger partial charge is 0.336 e. The Balaban J connectivity index is 2.11. The third-order valence-corrected chi connectivity index (χ3v) is 3.86. The van der Waals surface area contributed by atoms with E-state index in [2.05, 4.69) is 15.9 Å². The normalized spacial score (nSPS) is 10.7. The molecule has 2 rings (SSSR count). The minimum Gasteiger partial charge on any atom is -0.496 e. The number of esters is 1. The molecule has 0 unspecified atom stereocenters. The van der Waals surface area contributed by atoms with Gasteiger partial charge in [0.1, 0.15) is 11.5 Å². The lowest BCUT2D eigenvalue weighted by Gasteiger charge is -2.05. The fourth-order valence-electron chi connectivity index (χ4n) is 1.82. The van der Waals surface area contributed by atoms with Crippen LogP contribution in [0.3, 0.4) is 0 Å². The van der Waals surface area contributed by atoms with Gasteiger partial charge in [0.25, 0.3) is 0 Å². The summed E-state index contributed by atoms with van der Waals surface area (Å²) in [6.07, 6.45) is 3.00. The van der Waals surface area contributed by atoms with Gasteiger partial charge in [0.05, 0.1) is 7.11 Å². The molecule has 0 aliphatic heterocycles. The summed E-state index contributed by atoms with van der Waals surface area (Å²) in [6.45, 7) is 1.85. The number of aryl methyl sites for hydroxylation is 1. The number of methoxy groups -OCH3 is 1. The molecule has 2 aromatic carbocycles. The number of rotatable bonds is 4. The van der Waals surface area contributed by atoms with Gasteiger partial charge in [-0.3, -0.25) is 0 Å². The van der Waals surface area contributed by atoms with E-state index >= 15 is 0 Å². The Hall–Kier alpha value is -1.78. The van der Waals surface area contributed by atoms with Gasteiger partial charge in [-0.1, -0.05) is 27.5 Å². The van der Waals surface area contributed by atoms with Crippen molar-refractivity contribution in [1.29, 1.82) is 0 Å². The molecule has 22 heavy (non-hydrogen) atoms. The van der Waals surface area contributed by atoms with Crippen LogP contribution in [0.1, 0.15) is 11.1 Å². The Morgan fingerprint density at radius 2 is 2.00 bits per heavy atom. The van der Waals surface area contributed by atoms with Gasteiger partial charge >= 0.3 is 5.97 Å². The third-order valence-electron chi connectivity index (χ3n) is 2.94. The molecule has 114 valence electrons. The van der Waals surface area contributed by atoms with Crippen molar-refractivity contribution in [3.05, 3.63) is 63.1 Å². The van der Waals surface area contributed by atoms with Crippen molar-refractivity contribution in [3.8, 4) is 11.5 Å². The molecule has 3 nitrogen and oxygen atoms in total. The second-order valence-electron chi connectivity index (χ2n) is 4.55. The maximum atomic E-state index is 11.9. The van der Waals surface area contributed by atoms with E-state index in [4.69, 9.17) is 21.1 Å². The van der Waals surface area contributed by atoms with Gasteiger partial charge in [0.15, 0.2) is 0 Å². The molecule has 0 N–H and O–H groups in total. The summed E-state index contributed by atoms with van der Waals surface area (Å²) in [6, 6.07) is 10.6. The quantitative estimate of drug-likeness (QED) is 0.423. The van der Waals surface area contributed by atoms with Crippen LogP contribution < -0.4 is 9.47 Å². The summed E-state index contributed by atoms with van der Waals surface area (Å²) in [7, 11) is 1.58. The molecule has 2 aromatic rings. The van der Waals surface area contributed by atoms with Gasteiger partial charge < -0.3 is 9.47 Å². The second-order valence-corrected chi connectivity index (χ2v) is 5.87.